The number of rotatable bonds is 4. The summed E-state index contributed by atoms with van der Waals surface area (Å²) in [5, 5.41) is 10.8. The molecular weight excluding hydrogens is 643 g/mol. The van der Waals surface area contributed by atoms with Gasteiger partial charge in [-0.05, 0) is 80.5 Å². The van der Waals surface area contributed by atoms with Gasteiger partial charge in [0, 0.05) is 32.7 Å². The maximum Gasteiger partial charge on any atom is 0.161 e. The van der Waals surface area contributed by atoms with E-state index in [1.54, 1.807) is 0 Å². The predicted octanol–water partition coefficient (Wildman–Crippen LogP) is 13.2. The molecule has 0 aliphatic carbocycles. The van der Waals surface area contributed by atoms with Gasteiger partial charge in [0.1, 0.15) is 0 Å². The van der Waals surface area contributed by atoms with Gasteiger partial charge in [0.15, 0.2) is 5.82 Å². The summed E-state index contributed by atoms with van der Waals surface area (Å²) >= 11 is 0. The normalized spacial score (nSPS) is 11.8. The van der Waals surface area contributed by atoms with Crippen molar-refractivity contribution in [3.05, 3.63) is 188 Å². The van der Waals surface area contributed by atoms with E-state index in [2.05, 4.69) is 187 Å². The number of benzene rings is 9. The highest BCUT2D eigenvalue weighted by molar-refractivity contribution is 6.24. The summed E-state index contributed by atoms with van der Waals surface area (Å²) in [6.07, 6.45) is 0. The van der Waals surface area contributed by atoms with E-state index in [1.165, 1.54) is 43.4 Å². The first kappa shape index (κ1) is 29.6. The third-order valence-corrected chi connectivity index (χ3v) is 10.8. The third-order valence-electron chi connectivity index (χ3n) is 10.8. The largest absolute Gasteiger partial charge is 0.309 e. The molecule has 2 aromatic heterocycles. The second-order valence-corrected chi connectivity index (χ2v) is 13.8. The van der Waals surface area contributed by atoms with Crippen LogP contribution in [0.25, 0.3) is 104 Å². The van der Waals surface area contributed by atoms with Crippen molar-refractivity contribution < 1.29 is 0 Å². The van der Waals surface area contributed by atoms with E-state index in [9.17, 15) is 0 Å². The number of nitrogens with zero attached hydrogens (tertiary/aromatic N) is 3. The Hall–Kier alpha value is -7.10. The molecular formula is C50H31N3. The van der Waals surface area contributed by atoms with Gasteiger partial charge in [-0.2, -0.15) is 0 Å². The zero-order valence-electron chi connectivity index (χ0n) is 28.7. The highest BCUT2D eigenvalue weighted by atomic mass is 15.0. The Morgan fingerprint density at radius 3 is 1.81 bits per heavy atom. The van der Waals surface area contributed by atoms with Crippen LogP contribution in [0.3, 0.4) is 0 Å². The van der Waals surface area contributed by atoms with Crippen LogP contribution in [0.15, 0.2) is 188 Å². The molecule has 11 aromatic rings. The summed E-state index contributed by atoms with van der Waals surface area (Å²) in [7, 11) is 0. The third kappa shape index (κ3) is 4.68. The van der Waals surface area contributed by atoms with Crippen molar-refractivity contribution in [1.29, 1.82) is 0 Å². The van der Waals surface area contributed by atoms with Crippen LogP contribution in [0.4, 0.5) is 0 Å². The Bertz CT molecular complexity index is 3210. The first-order valence-electron chi connectivity index (χ1n) is 18.1. The average molecular weight is 674 g/mol. The first-order chi connectivity index (χ1) is 26.3. The van der Waals surface area contributed by atoms with E-state index in [4.69, 9.17) is 9.97 Å². The fourth-order valence-corrected chi connectivity index (χ4v) is 8.28. The number of hydrogen-bond donors (Lipinski definition) is 0. The molecule has 246 valence electrons. The van der Waals surface area contributed by atoms with Gasteiger partial charge in [-0.3, -0.25) is 0 Å². The Kier molecular flexibility index (Phi) is 6.55. The van der Waals surface area contributed by atoms with Crippen LogP contribution in [0.1, 0.15) is 0 Å². The van der Waals surface area contributed by atoms with Gasteiger partial charge < -0.3 is 4.57 Å². The molecule has 0 N–H and O–H groups in total. The van der Waals surface area contributed by atoms with Crippen LogP contribution < -0.4 is 0 Å². The minimum absolute atomic E-state index is 0.712. The molecule has 53 heavy (non-hydrogen) atoms. The maximum atomic E-state index is 5.34. The minimum atomic E-state index is 0.712. The molecule has 0 unspecified atom stereocenters. The molecule has 0 spiro atoms. The van der Waals surface area contributed by atoms with E-state index in [0.717, 1.165) is 55.3 Å². The van der Waals surface area contributed by atoms with E-state index in [0.29, 0.717) is 5.82 Å². The zero-order valence-corrected chi connectivity index (χ0v) is 28.7. The van der Waals surface area contributed by atoms with Crippen molar-refractivity contribution in [3.63, 3.8) is 0 Å². The maximum absolute atomic E-state index is 5.34. The lowest BCUT2D eigenvalue weighted by atomic mass is 9.99. The Morgan fingerprint density at radius 2 is 1.02 bits per heavy atom. The standard InChI is InChI=1S/C50H31N3/c1-3-13-32(14-4-1)37-23-25-42-44(30-37)51-50(52-49(42)34-16-5-2-6-17-34)41-26-28-45(40-22-12-11-21-39(40)41)53-46-27-24-33-15-9-10-20-38(33)48(46)43-29-35-18-7-8-19-36(35)31-47(43)53/h1-31H. The van der Waals surface area contributed by atoms with E-state index in [1.807, 2.05) is 6.07 Å². The highest BCUT2D eigenvalue weighted by Gasteiger charge is 2.20. The molecule has 0 aliphatic heterocycles. The lowest BCUT2D eigenvalue weighted by molar-refractivity contribution is 1.19. The molecule has 0 saturated carbocycles. The molecule has 0 bridgehead atoms. The Labute approximate surface area is 306 Å². The molecule has 0 saturated heterocycles. The second-order valence-electron chi connectivity index (χ2n) is 13.8. The Morgan fingerprint density at radius 1 is 0.358 bits per heavy atom. The summed E-state index contributed by atoms with van der Waals surface area (Å²) in [5.74, 6) is 0.712. The number of fused-ring (bicyclic) bond motifs is 8. The topological polar surface area (TPSA) is 30.7 Å². The van der Waals surface area contributed by atoms with Crippen LogP contribution in [-0.4, -0.2) is 14.5 Å². The van der Waals surface area contributed by atoms with Crippen LogP contribution in [0.2, 0.25) is 0 Å². The summed E-state index contributed by atoms with van der Waals surface area (Å²) in [4.78, 5) is 10.6. The van der Waals surface area contributed by atoms with Crippen molar-refractivity contribution in [3.8, 4) is 39.5 Å². The quantitative estimate of drug-likeness (QED) is 0.186. The number of hydrogen-bond acceptors (Lipinski definition) is 2. The van der Waals surface area contributed by atoms with Crippen molar-refractivity contribution in [1.82, 2.24) is 14.5 Å². The highest BCUT2D eigenvalue weighted by Crippen LogP contribution is 2.42. The van der Waals surface area contributed by atoms with E-state index < -0.39 is 0 Å². The molecule has 11 rings (SSSR count). The van der Waals surface area contributed by atoms with Crippen molar-refractivity contribution in [2.45, 2.75) is 0 Å². The molecule has 0 amide bonds. The second kappa shape index (κ2) is 11.7. The van der Waals surface area contributed by atoms with Gasteiger partial charge in [-0.15, -0.1) is 0 Å². The van der Waals surface area contributed by atoms with Gasteiger partial charge in [0.05, 0.1) is 27.9 Å². The molecule has 0 aliphatic rings. The smallest absolute Gasteiger partial charge is 0.161 e. The SMILES string of the molecule is c1ccc(-c2ccc3c(-c4ccccc4)nc(-c4ccc(-n5c6cc7ccccc7cc6c6c7ccccc7ccc65)c5ccccc45)nc3c2)cc1. The average Bonchev–Trinajstić information content (AvgIpc) is 3.55. The summed E-state index contributed by atoms with van der Waals surface area (Å²) in [6, 6.07) is 67.3. The molecule has 3 heteroatoms. The summed E-state index contributed by atoms with van der Waals surface area (Å²) in [6.45, 7) is 0. The van der Waals surface area contributed by atoms with Crippen molar-refractivity contribution >= 4 is 65.0 Å². The zero-order chi connectivity index (χ0) is 34.9. The lowest BCUT2D eigenvalue weighted by Crippen LogP contribution is -1.99. The Balaban J connectivity index is 1.19. The van der Waals surface area contributed by atoms with E-state index >= 15 is 0 Å². The van der Waals surface area contributed by atoms with Gasteiger partial charge >= 0.3 is 0 Å². The summed E-state index contributed by atoms with van der Waals surface area (Å²) < 4.78 is 2.46. The predicted molar refractivity (Wildman–Crippen MR) is 223 cm³/mol. The minimum Gasteiger partial charge on any atom is -0.309 e. The van der Waals surface area contributed by atoms with Crippen LogP contribution in [0, 0.1) is 0 Å². The van der Waals surface area contributed by atoms with Gasteiger partial charge in [-0.25, -0.2) is 9.97 Å². The molecule has 9 aromatic carbocycles. The van der Waals surface area contributed by atoms with Crippen molar-refractivity contribution in [2.75, 3.05) is 0 Å². The van der Waals surface area contributed by atoms with Gasteiger partial charge in [-0.1, -0.05) is 146 Å². The monoisotopic (exact) mass is 673 g/mol. The van der Waals surface area contributed by atoms with Crippen LogP contribution in [-0.2, 0) is 0 Å². The van der Waals surface area contributed by atoms with E-state index in [-0.39, 0.29) is 0 Å². The van der Waals surface area contributed by atoms with Crippen molar-refractivity contribution in [2.24, 2.45) is 0 Å². The molecule has 0 radical (unpaired) electrons. The summed E-state index contributed by atoms with van der Waals surface area (Å²) in [5.41, 5.74) is 9.73. The van der Waals surface area contributed by atoms with Crippen LogP contribution >= 0.6 is 0 Å². The molecule has 0 atom stereocenters. The van der Waals surface area contributed by atoms with Crippen LogP contribution in [0.5, 0.6) is 0 Å². The van der Waals surface area contributed by atoms with Gasteiger partial charge in [0.25, 0.3) is 0 Å². The molecule has 0 fully saturated rings. The first-order valence-corrected chi connectivity index (χ1v) is 18.1. The molecule has 2 heterocycles. The molecule has 3 nitrogen and oxygen atoms in total. The fourth-order valence-electron chi connectivity index (χ4n) is 8.28. The number of aromatic nitrogens is 3. The fraction of sp³-hybridized carbons (Fsp3) is 0. The lowest BCUT2D eigenvalue weighted by Gasteiger charge is -2.16. The van der Waals surface area contributed by atoms with Gasteiger partial charge in [0.2, 0.25) is 0 Å².